The molecule has 136 valence electrons. The van der Waals surface area contributed by atoms with Crippen LogP contribution in [0.25, 0.3) is 22.6 Å². The van der Waals surface area contributed by atoms with Crippen LogP contribution in [0.5, 0.6) is 0 Å². The van der Waals surface area contributed by atoms with Gasteiger partial charge in [-0.3, -0.25) is 4.79 Å². The SMILES string of the molecule is CCc1ccc(-c2nn3c(nc2=O)-c2ccccc2NC32CCCC2)cc1. The van der Waals surface area contributed by atoms with Crippen LogP contribution in [0.15, 0.2) is 53.3 Å². The molecular formula is C22H22N4O. The predicted octanol–water partition coefficient (Wildman–Crippen LogP) is 4.19. The first-order chi connectivity index (χ1) is 13.2. The van der Waals surface area contributed by atoms with Gasteiger partial charge in [0.1, 0.15) is 5.66 Å². The number of para-hydroxylation sites is 1. The molecule has 1 saturated carbocycles. The van der Waals surface area contributed by atoms with Gasteiger partial charge in [0.05, 0.1) is 0 Å². The number of hydrogen-bond donors (Lipinski definition) is 1. The average Bonchev–Trinajstić information content (AvgIpc) is 3.17. The second-order valence-corrected chi connectivity index (χ2v) is 7.46. The fourth-order valence-corrected chi connectivity index (χ4v) is 4.33. The van der Waals surface area contributed by atoms with E-state index in [1.54, 1.807) is 0 Å². The molecule has 2 aromatic carbocycles. The van der Waals surface area contributed by atoms with Crippen molar-refractivity contribution in [2.24, 2.45) is 0 Å². The number of nitrogens with one attached hydrogen (secondary N) is 1. The number of aryl methyl sites for hydroxylation is 1. The topological polar surface area (TPSA) is 59.8 Å². The van der Waals surface area contributed by atoms with Crippen LogP contribution >= 0.6 is 0 Å². The Kier molecular flexibility index (Phi) is 3.64. The van der Waals surface area contributed by atoms with E-state index in [1.165, 1.54) is 5.56 Å². The molecule has 1 aromatic heterocycles. The van der Waals surface area contributed by atoms with E-state index in [1.807, 2.05) is 35.0 Å². The molecule has 3 aromatic rings. The highest BCUT2D eigenvalue weighted by molar-refractivity contribution is 5.76. The third kappa shape index (κ3) is 2.49. The molecule has 1 spiro atoms. The summed E-state index contributed by atoms with van der Waals surface area (Å²) in [5.41, 5.74) is 3.91. The van der Waals surface area contributed by atoms with E-state index in [-0.39, 0.29) is 11.2 Å². The third-order valence-corrected chi connectivity index (χ3v) is 5.82. The van der Waals surface area contributed by atoms with E-state index in [0.29, 0.717) is 11.5 Å². The first-order valence-corrected chi connectivity index (χ1v) is 9.69. The maximum atomic E-state index is 12.9. The number of fused-ring (bicyclic) bond motifs is 4. The smallest absolute Gasteiger partial charge is 0.300 e. The standard InChI is InChI=1S/C22H22N4O/c1-2-15-9-11-16(12-10-15)19-21(27)23-20-17-7-3-4-8-18(17)24-22(26(20)25-19)13-5-6-14-22/h3-4,7-12,24H,2,5-6,13-14H2,1H3. The van der Waals surface area contributed by atoms with Crippen LogP contribution in [0.4, 0.5) is 5.69 Å². The summed E-state index contributed by atoms with van der Waals surface area (Å²) in [5.74, 6) is 0.671. The van der Waals surface area contributed by atoms with E-state index in [4.69, 9.17) is 5.10 Å². The molecule has 0 atom stereocenters. The number of benzene rings is 2. The van der Waals surface area contributed by atoms with Gasteiger partial charge in [0.15, 0.2) is 11.5 Å². The minimum atomic E-state index is -0.289. The zero-order valence-corrected chi connectivity index (χ0v) is 15.4. The van der Waals surface area contributed by atoms with Gasteiger partial charge in [-0.15, -0.1) is 0 Å². The Morgan fingerprint density at radius 2 is 1.81 bits per heavy atom. The number of rotatable bonds is 2. The summed E-state index contributed by atoms with van der Waals surface area (Å²) in [6, 6.07) is 16.1. The van der Waals surface area contributed by atoms with Crippen LogP contribution in [-0.4, -0.2) is 14.8 Å². The maximum Gasteiger partial charge on any atom is 0.300 e. The molecule has 1 fully saturated rings. The van der Waals surface area contributed by atoms with Crippen LogP contribution in [-0.2, 0) is 12.1 Å². The third-order valence-electron chi connectivity index (χ3n) is 5.82. The first-order valence-electron chi connectivity index (χ1n) is 9.69. The van der Waals surface area contributed by atoms with Gasteiger partial charge in [-0.25, -0.2) is 4.68 Å². The summed E-state index contributed by atoms with van der Waals surface area (Å²) in [7, 11) is 0. The average molecular weight is 358 g/mol. The molecule has 0 amide bonds. The van der Waals surface area contributed by atoms with Crippen LogP contribution < -0.4 is 10.9 Å². The Morgan fingerprint density at radius 1 is 1.07 bits per heavy atom. The van der Waals surface area contributed by atoms with Crippen molar-refractivity contribution in [2.75, 3.05) is 5.32 Å². The second-order valence-electron chi connectivity index (χ2n) is 7.46. The van der Waals surface area contributed by atoms with Gasteiger partial charge < -0.3 is 5.32 Å². The van der Waals surface area contributed by atoms with Crippen molar-refractivity contribution in [1.29, 1.82) is 0 Å². The maximum absolute atomic E-state index is 12.9. The van der Waals surface area contributed by atoms with Crippen LogP contribution in [0.1, 0.15) is 38.2 Å². The van der Waals surface area contributed by atoms with Gasteiger partial charge in [0, 0.05) is 16.8 Å². The highest BCUT2D eigenvalue weighted by Gasteiger charge is 2.42. The molecule has 2 heterocycles. The quantitative estimate of drug-likeness (QED) is 0.746. The lowest BCUT2D eigenvalue weighted by atomic mass is 10.0. The summed E-state index contributed by atoms with van der Waals surface area (Å²) in [5, 5.41) is 8.56. The fraction of sp³-hybridized carbons (Fsp3) is 0.318. The van der Waals surface area contributed by atoms with E-state index in [9.17, 15) is 4.79 Å². The molecule has 0 unspecified atom stereocenters. The van der Waals surface area contributed by atoms with Gasteiger partial charge in [-0.2, -0.15) is 10.1 Å². The fourth-order valence-electron chi connectivity index (χ4n) is 4.33. The Hall–Kier alpha value is -2.95. The molecule has 0 saturated heterocycles. The normalized spacial score (nSPS) is 16.6. The van der Waals surface area contributed by atoms with Crippen molar-refractivity contribution in [3.8, 4) is 22.6 Å². The predicted molar refractivity (Wildman–Crippen MR) is 107 cm³/mol. The molecule has 2 aliphatic rings. The lowest BCUT2D eigenvalue weighted by Crippen LogP contribution is -2.45. The van der Waals surface area contributed by atoms with Crippen molar-refractivity contribution in [3.05, 3.63) is 64.4 Å². The van der Waals surface area contributed by atoms with Crippen LogP contribution in [0.3, 0.4) is 0 Å². The molecule has 27 heavy (non-hydrogen) atoms. The first kappa shape index (κ1) is 16.2. The molecule has 1 aliphatic carbocycles. The summed E-state index contributed by atoms with van der Waals surface area (Å²) in [6.07, 6.45) is 5.23. The Bertz CT molecular complexity index is 1060. The second kappa shape index (κ2) is 6.05. The van der Waals surface area contributed by atoms with Gasteiger partial charge in [0.2, 0.25) is 0 Å². The molecular weight excluding hydrogens is 336 g/mol. The zero-order chi connectivity index (χ0) is 18.4. The van der Waals surface area contributed by atoms with Crippen molar-refractivity contribution in [2.45, 2.75) is 44.7 Å². The lowest BCUT2D eigenvalue weighted by molar-refractivity contribution is 0.300. The monoisotopic (exact) mass is 358 g/mol. The number of anilines is 1. The Morgan fingerprint density at radius 3 is 2.56 bits per heavy atom. The van der Waals surface area contributed by atoms with Crippen LogP contribution in [0.2, 0.25) is 0 Å². The zero-order valence-electron chi connectivity index (χ0n) is 15.4. The Labute approximate surface area is 158 Å². The molecule has 0 bridgehead atoms. The highest BCUT2D eigenvalue weighted by Crippen LogP contribution is 2.44. The van der Waals surface area contributed by atoms with Gasteiger partial charge >= 0.3 is 0 Å². The molecule has 5 rings (SSSR count). The molecule has 5 heteroatoms. The summed E-state index contributed by atoms with van der Waals surface area (Å²) in [6.45, 7) is 2.12. The van der Waals surface area contributed by atoms with Crippen molar-refractivity contribution in [3.63, 3.8) is 0 Å². The van der Waals surface area contributed by atoms with Crippen molar-refractivity contribution in [1.82, 2.24) is 14.8 Å². The van der Waals surface area contributed by atoms with Gasteiger partial charge in [-0.05, 0) is 49.8 Å². The van der Waals surface area contributed by atoms with Crippen LogP contribution in [0, 0.1) is 0 Å². The largest absolute Gasteiger partial charge is 0.361 e. The molecule has 5 nitrogen and oxygen atoms in total. The highest BCUT2D eigenvalue weighted by atomic mass is 16.1. The lowest BCUT2D eigenvalue weighted by Gasteiger charge is -2.39. The van der Waals surface area contributed by atoms with Gasteiger partial charge in [0.25, 0.3) is 5.56 Å². The number of aromatic nitrogens is 3. The van der Waals surface area contributed by atoms with E-state index in [2.05, 4.69) is 35.4 Å². The van der Waals surface area contributed by atoms with E-state index >= 15 is 0 Å². The van der Waals surface area contributed by atoms with Crippen molar-refractivity contribution < 1.29 is 0 Å². The summed E-state index contributed by atoms with van der Waals surface area (Å²) >= 11 is 0. The van der Waals surface area contributed by atoms with E-state index in [0.717, 1.165) is 48.9 Å². The molecule has 0 radical (unpaired) electrons. The molecule has 1 N–H and O–H groups in total. The van der Waals surface area contributed by atoms with Crippen molar-refractivity contribution >= 4 is 5.69 Å². The van der Waals surface area contributed by atoms with Gasteiger partial charge in [-0.1, -0.05) is 43.3 Å². The number of nitrogens with zero attached hydrogens (tertiary/aromatic N) is 3. The molecule has 1 aliphatic heterocycles. The van der Waals surface area contributed by atoms with E-state index < -0.39 is 0 Å². The summed E-state index contributed by atoms with van der Waals surface area (Å²) in [4.78, 5) is 17.3. The minimum Gasteiger partial charge on any atom is -0.361 e. The number of hydrogen-bond acceptors (Lipinski definition) is 4. The summed E-state index contributed by atoms with van der Waals surface area (Å²) < 4.78 is 1.98. The minimum absolute atomic E-state index is 0.268. The Balaban J connectivity index is 1.73.